The summed E-state index contributed by atoms with van der Waals surface area (Å²) in [6.45, 7) is 8.67. The number of ether oxygens (including phenoxy) is 3. The van der Waals surface area contributed by atoms with Crippen molar-refractivity contribution in [1.82, 2.24) is 15.1 Å². The maximum Gasteiger partial charge on any atom is 0.194 e. The second kappa shape index (κ2) is 16.5. The summed E-state index contributed by atoms with van der Waals surface area (Å²) in [5.41, 5.74) is 1.16. The van der Waals surface area contributed by atoms with Gasteiger partial charge in [-0.3, -0.25) is 0 Å². The number of benzene rings is 1. The Morgan fingerprint density at radius 3 is 2.65 bits per heavy atom. The summed E-state index contributed by atoms with van der Waals surface area (Å²) >= 11 is 0. The average Bonchev–Trinajstić information content (AvgIpc) is 2.75. The van der Waals surface area contributed by atoms with Crippen LogP contribution in [0.1, 0.15) is 31.7 Å². The normalized spacial score (nSPS) is 15.1. The highest BCUT2D eigenvalue weighted by molar-refractivity contribution is 14.0. The van der Waals surface area contributed by atoms with Crippen LogP contribution in [0.2, 0.25) is 0 Å². The first kappa shape index (κ1) is 27.9. The van der Waals surface area contributed by atoms with E-state index in [1.807, 2.05) is 26.2 Å². The second-order valence-corrected chi connectivity index (χ2v) is 7.87. The molecule has 1 heterocycles. The molecule has 1 aliphatic rings. The number of rotatable bonds is 12. The number of nitrogens with one attached hydrogen (secondary N) is 1. The molecule has 1 saturated heterocycles. The predicted octanol–water partition coefficient (Wildman–Crippen LogP) is 3.23. The molecule has 31 heavy (non-hydrogen) atoms. The third-order valence-corrected chi connectivity index (χ3v) is 5.04. The van der Waals surface area contributed by atoms with Gasteiger partial charge in [0.25, 0.3) is 0 Å². The Hall–Kier alpha value is -1.10. The largest absolute Gasteiger partial charge is 0.492 e. The summed E-state index contributed by atoms with van der Waals surface area (Å²) in [6, 6.07) is 8.23. The van der Waals surface area contributed by atoms with Crippen LogP contribution in [-0.4, -0.2) is 89.1 Å². The fourth-order valence-corrected chi connectivity index (χ4v) is 3.36. The van der Waals surface area contributed by atoms with Gasteiger partial charge in [-0.15, -0.1) is 24.0 Å². The summed E-state index contributed by atoms with van der Waals surface area (Å²) in [5.74, 6) is 1.88. The van der Waals surface area contributed by atoms with Crippen LogP contribution in [0.4, 0.5) is 0 Å². The molecule has 0 aliphatic carbocycles. The minimum atomic E-state index is 0. The smallest absolute Gasteiger partial charge is 0.194 e. The van der Waals surface area contributed by atoms with Crippen LogP contribution in [0.25, 0.3) is 0 Å². The zero-order chi connectivity index (χ0) is 21.6. The van der Waals surface area contributed by atoms with Gasteiger partial charge in [0.1, 0.15) is 12.4 Å². The fourth-order valence-electron chi connectivity index (χ4n) is 3.36. The van der Waals surface area contributed by atoms with Gasteiger partial charge in [0.05, 0.1) is 12.6 Å². The highest BCUT2D eigenvalue weighted by Crippen LogP contribution is 2.16. The Balaban J connectivity index is 0.00000480. The van der Waals surface area contributed by atoms with E-state index in [1.54, 1.807) is 7.11 Å². The van der Waals surface area contributed by atoms with Crippen LogP contribution in [-0.2, 0) is 16.0 Å². The van der Waals surface area contributed by atoms with Crippen LogP contribution >= 0.6 is 24.0 Å². The molecular formula is C23H41IN4O3. The van der Waals surface area contributed by atoms with Crippen molar-refractivity contribution in [2.24, 2.45) is 4.99 Å². The van der Waals surface area contributed by atoms with Crippen LogP contribution < -0.4 is 10.1 Å². The van der Waals surface area contributed by atoms with Crippen LogP contribution in [0, 0.1) is 0 Å². The lowest BCUT2D eigenvalue weighted by atomic mass is 10.1. The van der Waals surface area contributed by atoms with E-state index in [2.05, 4.69) is 34.2 Å². The number of hydrogen-bond donors (Lipinski definition) is 1. The van der Waals surface area contributed by atoms with Crippen molar-refractivity contribution in [2.75, 3.05) is 67.2 Å². The molecule has 1 aromatic rings. The number of nitrogens with zero attached hydrogens (tertiary/aromatic N) is 3. The van der Waals surface area contributed by atoms with Gasteiger partial charge >= 0.3 is 0 Å². The quantitative estimate of drug-likeness (QED) is 0.188. The molecule has 1 N–H and O–H groups in total. The summed E-state index contributed by atoms with van der Waals surface area (Å²) < 4.78 is 16.9. The van der Waals surface area contributed by atoms with Gasteiger partial charge in [0.2, 0.25) is 0 Å². The van der Waals surface area contributed by atoms with Gasteiger partial charge in [0, 0.05) is 46.5 Å². The molecule has 0 atom stereocenters. The average molecular weight is 549 g/mol. The molecule has 0 saturated carbocycles. The maximum absolute atomic E-state index is 5.98. The van der Waals surface area contributed by atoms with E-state index in [1.165, 1.54) is 0 Å². The molecular weight excluding hydrogens is 507 g/mol. The lowest BCUT2D eigenvalue weighted by Gasteiger charge is -2.34. The van der Waals surface area contributed by atoms with Gasteiger partial charge in [-0.2, -0.15) is 0 Å². The Kier molecular flexibility index (Phi) is 14.9. The van der Waals surface area contributed by atoms with Crippen molar-refractivity contribution < 1.29 is 14.2 Å². The molecule has 1 aliphatic heterocycles. The standard InChI is InChI=1S/C23H40N4O3.HI/c1-5-24-23(27-12-10-21(11-13-27)29-16-7-15-28-4)25-19-20-8-6-9-22(18-20)30-17-14-26(2)3;/h6,8-9,18,21H,5,7,10-17,19H2,1-4H3,(H,24,25);1H. The monoisotopic (exact) mass is 548 g/mol. The van der Waals surface area contributed by atoms with Crippen molar-refractivity contribution >= 4 is 29.9 Å². The first-order chi connectivity index (χ1) is 14.6. The van der Waals surface area contributed by atoms with Crippen molar-refractivity contribution in [1.29, 1.82) is 0 Å². The van der Waals surface area contributed by atoms with E-state index >= 15 is 0 Å². The van der Waals surface area contributed by atoms with Crippen LogP contribution in [0.15, 0.2) is 29.3 Å². The summed E-state index contributed by atoms with van der Waals surface area (Å²) in [7, 11) is 5.83. The molecule has 0 spiro atoms. The number of piperidine rings is 1. The summed E-state index contributed by atoms with van der Waals surface area (Å²) in [5, 5.41) is 3.44. The first-order valence-electron chi connectivity index (χ1n) is 11.1. The van der Waals surface area contributed by atoms with Gasteiger partial charge < -0.3 is 29.3 Å². The Morgan fingerprint density at radius 2 is 1.97 bits per heavy atom. The summed E-state index contributed by atoms with van der Waals surface area (Å²) in [4.78, 5) is 9.34. The first-order valence-corrected chi connectivity index (χ1v) is 11.1. The topological polar surface area (TPSA) is 58.6 Å². The molecule has 2 rings (SSSR count). The molecule has 0 bridgehead atoms. The Bertz CT molecular complexity index is 623. The molecule has 1 fully saturated rings. The molecule has 0 amide bonds. The van der Waals surface area contributed by atoms with Crippen molar-refractivity contribution in [3.8, 4) is 5.75 Å². The number of likely N-dealkylation sites (N-methyl/N-ethyl adjacent to an activating group) is 1. The minimum Gasteiger partial charge on any atom is -0.492 e. The van der Waals surface area contributed by atoms with E-state index < -0.39 is 0 Å². The number of likely N-dealkylation sites (tertiary alicyclic amines) is 1. The number of halogens is 1. The highest BCUT2D eigenvalue weighted by atomic mass is 127. The third-order valence-electron chi connectivity index (χ3n) is 5.04. The zero-order valence-electron chi connectivity index (χ0n) is 19.6. The summed E-state index contributed by atoms with van der Waals surface area (Å²) in [6.07, 6.45) is 3.37. The number of aliphatic imine (C=N–C) groups is 1. The number of guanidine groups is 1. The molecule has 0 aromatic heterocycles. The molecule has 1 aromatic carbocycles. The predicted molar refractivity (Wildman–Crippen MR) is 138 cm³/mol. The lowest BCUT2D eigenvalue weighted by Crippen LogP contribution is -2.47. The zero-order valence-corrected chi connectivity index (χ0v) is 22.0. The molecule has 7 nitrogen and oxygen atoms in total. The minimum absolute atomic E-state index is 0. The van der Waals surface area contributed by atoms with E-state index in [0.717, 1.165) is 75.9 Å². The van der Waals surface area contributed by atoms with Gasteiger partial charge in [0.15, 0.2) is 5.96 Å². The maximum atomic E-state index is 5.98. The van der Waals surface area contributed by atoms with Crippen LogP contribution in [0.5, 0.6) is 5.75 Å². The van der Waals surface area contributed by atoms with E-state index in [-0.39, 0.29) is 24.0 Å². The SMILES string of the molecule is CCNC(=NCc1cccc(OCCN(C)C)c1)N1CCC(OCCCOC)CC1.I. The number of hydrogen-bond acceptors (Lipinski definition) is 5. The van der Waals surface area contributed by atoms with Gasteiger partial charge in [-0.05, 0) is 58.0 Å². The van der Waals surface area contributed by atoms with Gasteiger partial charge in [-0.25, -0.2) is 4.99 Å². The highest BCUT2D eigenvalue weighted by Gasteiger charge is 2.21. The third kappa shape index (κ3) is 11.4. The number of methoxy groups -OCH3 is 1. The van der Waals surface area contributed by atoms with Gasteiger partial charge in [-0.1, -0.05) is 12.1 Å². The van der Waals surface area contributed by atoms with Crippen molar-refractivity contribution in [3.63, 3.8) is 0 Å². The Labute approximate surface area is 205 Å². The second-order valence-electron chi connectivity index (χ2n) is 7.87. The van der Waals surface area contributed by atoms with E-state index in [4.69, 9.17) is 19.2 Å². The van der Waals surface area contributed by atoms with Crippen LogP contribution in [0.3, 0.4) is 0 Å². The lowest BCUT2D eigenvalue weighted by molar-refractivity contribution is 0.00990. The van der Waals surface area contributed by atoms with Crippen molar-refractivity contribution in [3.05, 3.63) is 29.8 Å². The molecule has 8 heteroatoms. The van der Waals surface area contributed by atoms with E-state index in [9.17, 15) is 0 Å². The van der Waals surface area contributed by atoms with Crippen molar-refractivity contribution in [2.45, 2.75) is 38.8 Å². The fraction of sp³-hybridized carbons (Fsp3) is 0.696. The molecule has 178 valence electrons. The van der Waals surface area contributed by atoms with E-state index in [0.29, 0.717) is 19.3 Å². The molecule has 0 unspecified atom stereocenters. The Morgan fingerprint density at radius 1 is 1.19 bits per heavy atom. The molecule has 0 radical (unpaired) electrons.